The minimum absolute atomic E-state index is 0.917. The molecule has 6 aromatic carbocycles. The van der Waals surface area contributed by atoms with Crippen LogP contribution in [0, 0.1) is 0 Å². The van der Waals surface area contributed by atoms with Crippen LogP contribution in [0.15, 0.2) is 132 Å². The van der Waals surface area contributed by atoms with Gasteiger partial charge in [-0.1, -0.05) is 97.1 Å². The highest BCUT2D eigenvalue weighted by Gasteiger charge is 2.25. The molecule has 10 rings (SSSR count). The summed E-state index contributed by atoms with van der Waals surface area (Å²) in [6.45, 7) is 0. The predicted octanol–water partition coefficient (Wildman–Crippen LogP) is 11.3. The zero-order valence-electron chi connectivity index (χ0n) is 24.4. The van der Waals surface area contributed by atoms with Crippen molar-refractivity contribution in [3.05, 3.63) is 139 Å². The van der Waals surface area contributed by atoms with Crippen LogP contribution in [0.4, 0.5) is 0 Å². The monoisotopic (exact) mass is 574 g/mol. The Morgan fingerprint density at radius 1 is 0.556 bits per heavy atom. The van der Waals surface area contributed by atoms with E-state index in [0.29, 0.717) is 0 Å². The summed E-state index contributed by atoms with van der Waals surface area (Å²) in [6.07, 6.45) is 8.51. The third-order valence-electron chi connectivity index (χ3n) is 9.55. The first kappa shape index (κ1) is 24.6. The van der Waals surface area contributed by atoms with Crippen LogP contribution in [-0.2, 0) is 6.42 Å². The standard InChI is InChI=1S/C42H26N2O/c1-3-14-31-29(12-1)38(26-20-21-28-27-11-6-8-18-36(27)45-37(28)24-26)30-13-2-4-15-32(30)39(31)40-33-16-5-7-17-35(33)44-42-34(40)22-19-25-10-9-23-43-41(25)42/h1-3,5-14,16-24H,4,15H2. The number of furan rings is 1. The second-order valence-corrected chi connectivity index (χ2v) is 12.0. The van der Waals surface area contributed by atoms with Gasteiger partial charge in [0.2, 0.25) is 0 Å². The van der Waals surface area contributed by atoms with E-state index in [4.69, 9.17) is 14.4 Å². The van der Waals surface area contributed by atoms with E-state index >= 15 is 0 Å². The molecule has 9 aromatic rings. The first-order valence-corrected chi connectivity index (χ1v) is 15.6. The number of aromatic nitrogens is 2. The van der Waals surface area contributed by atoms with E-state index in [1.54, 1.807) is 0 Å². The minimum Gasteiger partial charge on any atom is -0.456 e. The molecule has 0 spiro atoms. The van der Waals surface area contributed by atoms with Crippen molar-refractivity contribution in [1.82, 2.24) is 9.97 Å². The van der Waals surface area contributed by atoms with Crippen molar-refractivity contribution < 1.29 is 4.42 Å². The van der Waals surface area contributed by atoms with Gasteiger partial charge >= 0.3 is 0 Å². The van der Waals surface area contributed by atoms with E-state index < -0.39 is 0 Å². The Kier molecular flexibility index (Phi) is 5.11. The molecule has 210 valence electrons. The molecule has 3 heterocycles. The maximum absolute atomic E-state index is 6.36. The van der Waals surface area contributed by atoms with Gasteiger partial charge in [0.1, 0.15) is 11.2 Å². The van der Waals surface area contributed by atoms with E-state index in [1.165, 1.54) is 49.5 Å². The van der Waals surface area contributed by atoms with Gasteiger partial charge in [-0.15, -0.1) is 0 Å². The number of hydrogen-bond acceptors (Lipinski definition) is 3. The summed E-state index contributed by atoms with van der Waals surface area (Å²) in [4.78, 5) is 10.0. The molecule has 0 N–H and O–H groups in total. The smallest absolute Gasteiger partial charge is 0.136 e. The van der Waals surface area contributed by atoms with Crippen molar-refractivity contribution in [2.75, 3.05) is 0 Å². The molecule has 45 heavy (non-hydrogen) atoms. The van der Waals surface area contributed by atoms with E-state index in [2.05, 4.69) is 109 Å². The molecule has 3 nitrogen and oxygen atoms in total. The molecule has 0 aliphatic heterocycles. The highest BCUT2D eigenvalue weighted by Crippen LogP contribution is 2.48. The van der Waals surface area contributed by atoms with Gasteiger partial charge in [0.05, 0.1) is 16.6 Å². The lowest BCUT2D eigenvalue weighted by molar-refractivity contribution is 0.669. The summed E-state index contributed by atoms with van der Waals surface area (Å²) < 4.78 is 6.36. The minimum atomic E-state index is 0.917. The Morgan fingerprint density at radius 3 is 2.22 bits per heavy atom. The third-order valence-corrected chi connectivity index (χ3v) is 9.55. The van der Waals surface area contributed by atoms with Crippen LogP contribution in [-0.4, -0.2) is 9.97 Å². The first-order chi connectivity index (χ1) is 22.3. The lowest BCUT2D eigenvalue weighted by Gasteiger charge is -2.25. The number of rotatable bonds is 2. The molecular weight excluding hydrogens is 548 g/mol. The Morgan fingerprint density at radius 2 is 1.31 bits per heavy atom. The molecule has 0 unspecified atom stereocenters. The maximum atomic E-state index is 6.36. The van der Waals surface area contributed by atoms with Gasteiger partial charge in [0, 0.05) is 38.7 Å². The van der Waals surface area contributed by atoms with E-state index in [9.17, 15) is 0 Å². The van der Waals surface area contributed by atoms with Crippen molar-refractivity contribution in [1.29, 1.82) is 0 Å². The van der Waals surface area contributed by atoms with Gasteiger partial charge < -0.3 is 4.42 Å². The second kappa shape index (κ2) is 9.35. The van der Waals surface area contributed by atoms with Gasteiger partial charge in [-0.05, 0) is 81.8 Å². The molecule has 0 fully saturated rings. The Hall–Kier alpha value is -5.80. The lowest BCUT2D eigenvalue weighted by Crippen LogP contribution is -2.03. The number of allylic oxidation sites excluding steroid dienone is 1. The number of nitrogens with zero attached hydrogens (tertiary/aromatic N) is 2. The van der Waals surface area contributed by atoms with Crippen LogP contribution in [0.5, 0.6) is 0 Å². The van der Waals surface area contributed by atoms with Crippen LogP contribution in [0.1, 0.15) is 17.5 Å². The third kappa shape index (κ3) is 3.52. The average molecular weight is 575 g/mol. The highest BCUT2D eigenvalue weighted by molar-refractivity contribution is 6.22. The molecule has 1 aliphatic carbocycles. The van der Waals surface area contributed by atoms with Crippen LogP contribution >= 0.6 is 0 Å². The van der Waals surface area contributed by atoms with Gasteiger partial charge in [0.25, 0.3) is 0 Å². The predicted molar refractivity (Wildman–Crippen MR) is 188 cm³/mol. The Balaban J connectivity index is 1.36. The Labute approximate surface area is 259 Å². The fourth-order valence-electron chi connectivity index (χ4n) is 7.62. The second-order valence-electron chi connectivity index (χ2n) is 12.0. The summed E-state index contributed by atoms with van der Waals surface area (Å²) in [5, 5.41) is 8.20. The molecule has 0 saturated carbocycles. The topological polar surface area (TPSA) is 38.9 Å². The van der Waals surface area contributed by atoms with Crippen LogP contribution in [0.25, 0.3) is 93.7 Å². The summed E-state index contributed by atoms with van der Waals surface area (Å²) in [7, 11) is 0. The summed E-state index contributed by atoms with van der Waals surface area (Å²) in [5.74, 6) is 0. The zero-order valence-corrected chi connectivity index (χ0v) is 24.4. The zero-order chi connectivity index (χ0) is 29.5. The molecule has 0 bridgehead atoms. The normalized spacial score (nSPS) is 13.1. The van der Waals surface area contributed by atoms with Crippen molar-refractivity contribution >= 4 is 71.5 Å². The molecule has 0 saturated heterocycles. The molecule has 1 aliphatic rings. The van der Waals surface area contributed by atoms with Gasteiger partial charge in [0.15, 0.2) is 0 Å². The molecule has 0 amide bonds. The molecule has 3 heteroatoms. The van der Waals surface area contributed by atoms with Gasteiger partial charge in [-0.2, -0.15) is 0 Å². The number of pyridine rings is 2. The van der Waals surface area contributed by atoms with Crippen molar-refractivity contribution in [3.8, 4) is 22.3 Å². The van der Waals surface area contributed by atoms with E-state index in [-0.39, 0.29) is 0 Å². The number of hydrogen-bond donors (Lipinski definition) is 0. The van der Waals surface area contributed by atoms with Gasteiger partial charge in [-0.3, -0.25) is 4.98 Å². The van der Waals surface area contributed by atoms with E-state index in [0.717, 1.165) is 62.1 Å². The van der Waals surface area contributed by atoms with Crippen molar-refractivity contribution in [2.24, 2.45) is 0 Å². The quantitative estimate of drug-likeness (QED) is 0.152. The number of benzene rings is 6. The average Bonchev–Trinajstić information content (AvgIpc) is 3.47. The highest BCUT2D eigenvalue weighted by atomic mass is 16.3. The van der Waals surface area contributed by atoms with Crippen LogP contribution in [0.2, 0.25) is 0 Å². The van der Waals surface area contributed by atoms with Crippen LogP contribution in [0.3, 0.4) is 0 Å². The molecule has 0 atom stereocenters. The number of fused-ring (bicyclic) bond motifs is 9. The SMILES string of the molecule is C1=Cc2c(c(-c3c4ccccc4nc4c3ccc3cccnc34)c3ccccc3c2-c2ccc3c(c2)oc2ccccc23)CC1. The van der Waals surface area contributed by atoms with Crippen molar-refractivity contribution in [3.63, 3.8) is 0 Å². The Bertz CT molecular complexity index is 2710. The fourth-order valence-corrected chi connectivity index (χ4v) is 7.62. The van der Waals surface area contributed by atoms with E-state index in [1.807, 2.05) is 24.4 Å². The molecule has 0 radical (unpaired) electrons. The lowest BCUT2D eigenvalue weighted by atomic mass is 9.79. The largest absolute Gasteiger partial charge is 0.456 e. The number of para-hydroxylation sites is 2. The van der Waals surface area contributed by atoms with Crippen LogP contribution < -0.4 is 0 Å². The fraction of sp³-hybridized carbons (Fsp3) is 0.0476. The van der Waals surface area contributed by atoms with Gasteiger partial charge in [-0.25, -0.2) is 4.98 Å². The summed E-state index contributed by atoms with van der Waals surface area (Å²) in [6, 6.07) is 41.0. The maximum Gasteiger partial charge on any atom is 0.136 e. The molecular formula is C42H26N2O. The molecule has 3 aromatic heterocycles. The van der Waals surface area contributed by atoms with Crippen molar-refractivity contribution in [2.45, 2.75) is 12.8 Å². The summed E-state index contributed by atoms with van der Waals surface area (Å²) >= 11 is 0. The summed E-state index contributed by atoms with van der Waals surface area (Å²) in [5.41, 5.74) is 12.4. The first-order valence-electron chi connectivity index (χ1n) is 15.6.